The maximum atomic E-state index is 12.2. The molecule has 2 aromatic rings. The molecule has 7 nitrogen and oxygen atoms in total. The Bertz CT molecular complexity index is 911. The minimum Gasteiger partial charge on any atom is -0.466 e. The van der Waals surface area contributed by atoms with Crippen molar-refractivity contribution in [3.8, 4) is 0 Å². The summed E-state index contributed by atoms with van der Waals surface area (Å²) in [5.74, 6) is -0.837. The summed E-state index contributed by atoms with van der Waals surface area (Å²) in [7, 11) is 1.30. The van der Waals surface area contributed by atoms with E-state index in [9.17, 15) is 14.4 Å². The molecule has 0 fully saturated rings. The lowest BCUT2D eigenvalue weighted by atomic mass is 10.0. The number of hydrogen-bond donors (Lipinski definition) is 0. The third kappa shape index (κ3) is 11.0. The van der Waals surface area contributed by atoms with Crippen molar-refractivity contribution in [1.82, 2.24) is 0 Å². The number of methoxy groups -OCH3 is 1. The van der Waals surface area contributed by atoms with Crippen LogP contribution in [-0.4, -0.2) is 43.8 Å². The molecule has 0 spiro atoms. The fraction of sp³-hybridized carbons (Fsp3) is 0.393. The van der Waals surface area contributed by atoms with Crippen LogP contribution in [0.5, 0.6) is 0 Å². The second kappa shape index (κ2) is 16.2. The quantitative estimate of drug-likeness (QED) is 0.109. The van der Waals surface area contributed by atoms with Crippen LogP contribution >= 0.6 is 0 Å². The predicted molar refractivity (Wildman–Crippen MR) is 132 cm³/mol. The standard InChI is InChI=1S/C28H34O7/c1-22(35-28(31)24-15-9-5-10-16-24)12-6-3-11-17-25(34-21-29)26(18-19-27(30)32-2)33-20-23-13-7-4-8-14-23/h4-5,7-10,13-16,18-19,21-22,25-26H,3,6,11-12,17,20H2,1-2H3/b19-18+/t22-,25-,26-/m1/s1. The summed E-state index contributed by atoms with van der Waals surface area (Å²) in [5.41, 5.74) is 1.50. The summed E-state index contributed by atoms with van der Waals surface area (Å²) >= 11 is 0. The van der Waals surface area contributed by atoms with Gasteiger partial charge in [-0.1, -0.05) is 55.0 Å². The summed E-state index contributed by atoms with van der Waals surface area (Å²) in [6, 6.07) is 18.5. The maximum absolute atomic E-state index is 12.2. The maximum Gasteiger partial charge on any atom is 0.338 e. The van der Waals surface area contributed by atoms with E-state index in [0.29, 0.717) is 25.1 Å². The summed E-state index contributed by atoms with van der Waals surface area (Å²) in [5, 5.41) is 0. The molecule has 188 valence electrons. The minimum absolute atomic E-state index is 0.199. The molecule has 0 heterocycles. The van der Waals surface area contributed by atoms with E-state index in [2.05, 4.69) is 4.74 Å². The van der Waals surface area contributed by atoms with Gasteiger partial charge in [0, 0.05) is 6.08 Å². The SMILES string of the molecule is COC(=O)/C=C/[C@@H](OCc1ccccc1)[C@@H](CCCCC[C@@H](C)OC(=O)c1ccccc1)OC=O. The number of esters is 2. The van der Waals surface area contributed by atoms with E-state index in [-0.39, 0.29) is 12.1 Å². The summed E-state index contributed by atoms with van der Waals surface area (Å²) in [6.07, 6.45) is 5.26. The lowest BCUT2D eigenvalue weighted by molar-refractivity contribution is -0.141. The first kappa shape index (κ1) is 27.8. The average Bonchev–Trinajstić information content (AvgIpc) is 2.89. The van der Waals surface area contributed by atoms with Gasteiger partial charge in [-0.25, -0.2) is 9.59 Å². The van der Waals surface area contributed by atoms with Crippen LogP contribution < -0.4 is 0 Å². The molecule has 3 atom stereocenters. The first-order chi connectivity index (χ1) is 17.0. The second-order valence-electron chi connectivity index (χ2n) is 8.13. The van der Waals surface area contributed by atoms with E-state index >= 15 is 0 Å². The Morgan fingerprint density at radius 1 is 0.914 bits per heavy atom. The molecule has 2 aromatic carbocycles. The molecule has 0 N–H and O–H groups in total. The van der Waals surface area contributed by atoms with Crippen molar-refractivity contribution < 1.29 is 33.3 Å². The zero-order chi connectivity index (χ0) is 25.3. The van der Waals surface area contributed by atoms with Gasteiger partial charge in [-0.2, -0.15) is 0 Å². The van der Waals surface area contributed by atoms with Gasteiger partial charge in [0.25, 0.3) is 6.47 Å². The number of ether oxygens (including phenoxy) is 4. The van der Waals surface area contributed by atoms with Crippen molar-refractivity contribution in [2.75, 3.05) is 7.11 Å². The Labute approximate surface area is 207 Å². The van der Waals surface area contributed by atoms with Crippen LogP contribution in [0, 0.1) is 0 Å². The van der Waals surface area contributed by atoms with Gasteiger partial charge in [0.05, 0.1) is 25.4 Å². The van der Waals surface area contributed by atoms with Gasteiger partial charge in [-0.05, 0) is 56.4 Å². The van der Waals surface area contributed by atoms with Crippen molar-refractivity contribution in [3.05, 3.63) is 83.9 Å². The minimum atomic E-state index is -0.606. The fourth-order valence-corrected chi connectivity index (χ4v) is 3.51. The Morgan fingerprint density at radius 3 is 2.23 bits per heavy atom. The number of carbonyl (C=O) groups is 3. The molecule has 0 saturated carbocycles. The van der Waals surface area contributed by atoms with Gasteiger partial charge >= 0.3 is 11.9 Å². The molecular weight excluding hydrogens is 448 g/mol. The monoisotopic (exact) mass is 482 g/mol. The molecule has 0 aliphatic rings. The van der Waals surface area contributed by atoms with Crippen molar-refractivity contribution in [2.45, 2.75) is 63.9 Å². The average molecular weight is 483 g/mol. The molecule has 0 aromatic heterocycles. The van der Waals surface area contributed by atoms with Gasteiger partial charge < -0.3 is 18.9 Å². The van der Waals surface area contributed by atoms with Gasteiger partial charge in [-0.3, -0.25) is 4.79 Å². The van der Waals surface area contributed by atoms with Gasteiger partial charge in [0.15, 0.2) is 0 Å². The topological polar surface area (TPSA) is 88.1 Å². The highest BCUT2D eigenvalue weighted by molar-refractivity contribution is 5.89. The van der Waals surface area contributed by atoms with Gasteiger partial charge in [-0.15, -0.1) is 0 Å². The zero-order valence-electron chi connectivity index (χ0n) is 20.3. The van der Waals surface area contributed by atoms with Crippen LogP contribution in [0.3, 0.4) is 0 Å². The number of hydrogen-bond acceptors (Lipinski definition) is 7. The molecule has 35 heavy (non-hydrogen) atoms. The largest absolute Gasteiger partial charge is 0.466 e. The van der Waals surface area contributed by atoms with E-state index in [1.54, 1.807) is 30.3 Å². The highest BCUT2D eigenvalue weighted by atomic mass is 16.6. The number of benzene rings is 2. The van der Waals surface area contributed by atoms with Crippen molar-refractivity contribution in [2.24, 2.45) is 0 Å². The van der Waals surface area contributed by atoms with E-state index in [1.807, 2.05) is 43.3 Å². The highest BCUT2D eigenvalue weighted by Gasteiger charge is 2.22. The Balaban J connectivity index is 1.83. The molecule has 7 heteroatoms. The van der Waals surface area contributed by atoms with Gasteiger partial charge in [0.2, 0.25) is 0 Å². The van der Waals surface area contributed by atoms with Crippen molar-refractivity contribution in [3.63, 3.8) is 0 Å². The van der Waals surface area contributed by atoms with Crippen LogP contribution in [0.2, 0.25) is 0 Å². The van der Waals surface area contributed by atoms with Crippen LogP contribution in [0.15, 0.2) is 72.8 Å². The van der Waals surface area contributed by atoms with Crippen molar-refractivity contribution >= 4 is 18.4 Å². The first-order valence-corrected chi connectivity index (χ1v) is 11.8. The van der Waals surface area contributed by atoms with E-state index in [0.717, 1.165) is 31.2 Å². The van der Waals surface area contributed by atoms with E-state index in [4.69, 9.17) is 14.2 Å². The zero-order valence-corrected chi connectivity index (χ0v) is 20.3. The molecule has 0 unspecified atom stereocenters. The normalized spacial score (nSPS) is 13.5. The molecule has 0 amide bonds. The molecular formula is C28H34O7. The third-order valence-electron chi connectivity index (χ3n) is 5.42. The Morgan fingerprint density at radius 2 is 1.57 bits per heavy atom. The Kier molecular flexibility index (Phi) is 12.9. The number of carbonyl (C=O) groups excluding carboxylic acids is 3. The number of rotatable bonds is 16. The summed E-state index contributed by atoms with van der Waals surface area (Å²) in [6.45, 7) is 2.59. The molecule has 0 radical (unpaired) electrons. The first-order valence-electron chi connectivity index (χ1n) is 11.8. The molecule has 0 aliphatic heterocycles. The predicted octanol–water partition coefficient (Wildman–Crippen LogP) is 5.04. The molecule has 0 bridgehead atoms. The summed E-state index contributed by atoms with van der Waals surface area (Å²) in [4.78, 5) is 34.9. The van der Waals surface area contributed by atoms with Crippen LogP contribution in [0.1, 0.15) is 54.9 Å². The third-order valence-corrected chi connectivity index (χ3v) is 5.42. The lowest BCUT2D eigenvalue weighted by Crippen LogP contribution is -2.30. The molecule has 0 saturated heterocycles. The van der Waals surface area contributed by atoms with Gasteiger partial charge in [0.1, 0.15) is 12.2 Å². The molecule has 2 rings (SSSR count). The van der Waals surface area contributed by atoms with Crippen LogP contribution in [0.4, 0.5) is 0 Å². The molecule has 0 aliphatic carbocycles. The van der Waals surface area contributed by atoms with Crippen molar-refractivity contribution in [1.29, 1.82) is 0 Å². The number of unbranched alkanes of at least 4 members (excludes halogenated alkanes) is 2. The highest BCUT2D eigenvalue weighted by Crippen LogP contribution is 2.18. The van der Waals surface area contributed by atoms with E-state index < -0.39 is 18.2 Å². The Hall–Kier alpha value is -3.45. The lowest BCUT2D eigenvalue weighted by Gasteiger charge is -2.24. The van der Waals surface area contributed by atoms with E-state index in [1.165, 1.54) is 13.2 Å². The smallest absolute Gasteiger partial charge is 0.338 e. The van der Waals surface area contributed by atoms with Crippen LogP contribution in [0.25, 0.3) is 0 Å². The van der Waals surface area contributed by atoms with Crippen LogP contribution in [-0.2, 0) is 35.1 Å². The second-order valence-corrected chi connectivity index (χ2v) is 8.13. The summed E-state index contributed by atoms with van der Waals surface area (Å²) < 4.78 is 21.5. The fourth-order valence-electron chi connectivity index (χ4n) is 3.51.